The Morgan fingerprint density at radius 3 is 2.10 bits per heavy atom. The van der Waals surface area contributed by atoms with Crippen LogP contribution in [0, 0.1) is 17.0 Å². The summed E-state index contributed by atoms with van der Waals surface area (Å²) in [7, 11) is 0. The van der Waals surface area contributed by atoms with Gasteiger partial charge < -0.3 is 11.1 Å². The molecule has 3 N–H and O–H groups in total. The zero-order valence-electron chi connectivity index (χ0n) is 11.7. The van der Waals surface area contributed by atoms with E-state index in [-0.39, 0.29) is 31.4 Å². The zero-order valence-corrected chi connectivity index (χ0v) is 12.5. The molecule has 0 atom stereocenters. The SMILES string of the molecule is CCC(CC)(CN)C(=O)NCc1cc(F)cc(F)c1.Cl. The lowest BCUT2D eigenvalue weighted by Crippen LogP contribution is -2.45. The van der Waals surface area contributed by atoms with Crippen molar-refractivity contribution in [2.24, 2.45) is 11.1 Å². The van der Waals surface area contributed by atoms with Gasteiger partial charge in [0.15, 0.2) is 0 Å². The van der Waals surface area contributed by atoms with Crippen molar-refractivity contribution in [3.05, 3.63) is 35.4 Å². The Labute approximate surface area is 124 Å². The van der Waals surface area contributed by atoms with Crippen molar-refractivity contribution < 1.29 is 13.6 Å². The number of carbonyl (C=O) groups excluding carboxylic acids is 1. The minimum Gasteiger partial charge on any atom is -0.351 e. The number of benzene rings is 1. The van der Waals surface area contributed by atoms with Gasteiger partial charge in [-0.2, -0.15) is 0 Å². The standard InChI is InChI=1S/C14H20F2N2O.ClH/c1-3-14(4-2,9-17)13(19)18-8-10-5-11(15)7-12(16)6-10;/h5-7H,3-4,8-9,17H2,1-2H3,(H,18,19);1H. The summed E-state index contributed by atoms with van der Waals surface area (Å²) < 4.78 is 26.0. The molecule has 6 heteroatoms. The van der Waals surface area contributed by atoms with E-state index < -0.39 is 17.0 Å². The number of hydrogen-bond donors (Lipinski definition) is 2. The van der Waals surface area contributed by atoms with Gasteiger partial charge in [0, 0.05) is 19.2 Å². The molecule has 0 aromatic heterocycles. The van der Waals surface area contributed by atoms with E-state index in [4.69, 9.17) is 5.73 Å². The summed E-state index contributed by atoms with van der Waals surface area (Å²) in [5, 5.41) is 2.69. The maximum absolute atomic E-state index is 13.0. The highest BCUT2D eigenvalue weighted by Crippen LogP contribution is 2.25. The van der Waals surface area contributed by atoms with Gasteiger partial charge >= 0.3 is 0 Å². The highest BCUT2D eigenvalue weighted by atomic mass is 35.5. The summed E-state index contributed by atoms with van der Waals surface area (Å²) >= 11 is 0. The largest absolute Gasteiger partial charge is 0.351 e. The molecule has 0 aliphatic carbocycles. The fourth-order valence-electron chi connectivity index (χ4n) is 2.04. The molecule has 0 unspecified atom stereocenters. The van der Waals surface area contributed by atoms with Crippen LogP contribution >= 0.6 is 12.4 Å². The average molecular weight is 307 g/mol. The van der Waals surface area contributed by atoms with E-state index >= 15 is 0 Å². The van der Waals surface area contributed by atoms with Crippen molar-refractivity contribution in [1.29, 1.82) is 0 Å². The molecular formula is C14H21ClF2N2O. The van der Waals surface area contributed by atoms with Crippen molar-refractivity contribution in [3.8, 4) is 0 Å². The van der Waals surface area contributed by atoms with Crippen LogP contribution in [-0.2, 0) is 11.3 Å². The third-order valence-electron chi connectivity index (χ3n) is 3.60. The quantitative estimate of drug-likeness (QED) is 0.849. The number of nitrogens with two attached hydrogens (primary N) is 1. The van der Waals surface area contributed by atoms with E-state index in [0.717, 1.165) is 6.07 Å². The van der Waals surface area contributed by atoms with Gasteiger partial charge in [-0.05, 0) is 30.5 Å². The summed E-state index contributed by atoms with van der Waals surface area (Å²) in [5.74, 6) is -1.48. The summed E-state index contributed by atoms with van der Waals surface area (Å²) in [4.78, 5) is 12.1. The summed E-state index contributed by atoms with van der Waals surface area (Å²) in [6.07, 6.45) is 1.26. The van der Waals surface area contributed by atoms with Gasteiger partial charge in [0.05, 0.1) is 5.41 Å². The predicted octanol–water partition coefficient (Wildman–Crippen LogP) is 2.77. The van der Waals surface area contributed by atoms with Crippen molar-refractivity contribution in [1.82, 2.24) is 5.32 Å². The monoisotopic (exact) mass is 306 g/mol. The minimum absolute atomic E-state index is 0. The van der Waals surface area contributed by atoms with E-state index in [0.29, 0.717) is 18.4 Å². The maximum Gasteiger partial charge on any atom is 0.227 e. The third kappa shape index (κ3) is 4.42. The summed E-state index contributed by atoms with van der Waals surface area (Å²) in [6, 6.07) is 3.20. The van der Waals surface area contributed by atoms with Gasteiger partial charge in [0.2, 0.25) is 5.91 Å². The molecule has 0 radical (unpaired) electrons. The molecule has 1 aromatic carbocycles. The highest BCUT2D eigenvalue weighted by Gasteiger charge is 2.32. The first-order valence-electron chi connectivity index (χ1n) is 6.40. The Balaban J connectivity index is 0.00000361. The van der Waals surface area contributed by atoms with Gasteiger partial charge in [-0.3, -0.25) is 4.79 Å². The molecule has 0 aliphatic heterocycles. The van der Waals surface area contributed by atoms with Gasteiger partial charge in [0.25, 0.3) is 0 Å². The summed E-state index contributed by atoms with van der Waals surface area (Å²) in [6.45, 7) is 4.15. The molecule has 1 rings (SSSR count). The predicted molar refractivity (Wildman–Crippen MR) is 77.5 cm³/mol. The van der Waals surface area contributed by atoms with Crippen molar-refractivity contribution in [2.45, 2.75) is 33.2 Å². The van der Waals surface area contributed by atoms with E-state index in [1.54, 1.807) is 0 Å². The van der Waals surface area contributed by atoms with E-state index in [1.165, 1.54) is 12.1 Å². The van der Waals surface area contributed by atoms with Gasteiger partial charge in [-0.15, -0.1) is 12.4 Å². The Morgan fingerprint density at radius 1 is 1.20 bits per heavy atom. The highest BCUT2D eigenvalue weighted by molar-refractivity contribution is 5.85. The first kappa shape index (κ1) is 18.8. The van der Waals surface area contributed by atoms with Crippen LogP contribution in [0.25, 0.3) is 0 Å². The van der Waals surface area contributed by atoms with Crippen LogP contribution in [0.3, 0.4) is 0 Å². The van der Waals surface area contributed by atoms with Crippen molar-refractivity contribution in [2.75, 3.05) is 6.54 Å². The van der Waals surface area contributed by atoms with Crippen LogP contribution < -0.4 is 11.1 Å². The lowest BCUT2D eigenvalue weighted by Gasteiger charge is -2.28. The number of amides is 1. The number of carbonyl (C=O) groups is 1. The van der Waals surface area contributed by atoms with Crippen LogP contribution in [0.5, 0.6) is 0 Å². The fourth-order valence-corrected chi connectivity index (χ4v) is 2.04. The molecule has 20 heavy (non-hydrogen) atoms. The van der Waals surface area contributed by atoms with E-state index in [9.17, 15) is 13.6 Å². The first-order chi connectivity index (χ1) is 8.97. The van der Waals surface area contributed by atoms with Crippen LogP contribution in [-0.4, -0.2) is 12.5 Å². The smallest absolute Gasteiger partial charge is 0.227 e. The van der Waals surface area contributed by atoms with Crippen LogP contribution in [0.2, 0.25) is 0 Å². The Bertz CT molecular complexity index is 422. The second-order valence-corrected chi connectivity index (χ2v) is 4.65. The summed E-state index contributed by atoms with van der Waals surface area (Å²) in [5.41, 5.74) is 5.45. The molecule has 0 fully saturated rings. The third-order valence-corrected chi connectivity index (χ3v) is 3.60. The molecule has 0 saturated heterocycles. The average Bonchev–Trinajstić information content (AvgIpc) is 2.38. The van der Waals surface area contributed by atoms with Crippen molar-refractivity contribution >= 4 is 18.3 Å². The van der Waals surface area contributed by atoms with E-state index in [2.05, 4.69) is 5.32 Å². The first-order valence-corrected chi connectivity index (χ1v) is 6.40. The molecule has 0 saturated carbocycles. The Morgan fingerprint density at radius 2 is 1.70 bits per heavy atom. The van der Waals surface area contributed by atoms with Gasteiger partial charge in [0.1, 0.15) is 11.6 Å². The topological polar surface area (TPSA) is 55.1 Å². The van der Waals surface area contributed by atoms with Crippen LogP contribution in [0.15, 0.2) is 18.2 Å². The second-order valence-electron chi connectivity index (χ2n) is 4.65. The second kappa shape index (κ2) is 8.17. The Hall–Kier alpha value is -1.20. The number of hydrogen-bond acceptors (Lipinski definition) is 2. The molecule has 114 valence electrons. The molecule has 1 aromatic rings. The molecule has 0 spiro atoms. The zero-order chi connectivity index (χ0) is 14.5. The maximum atomic E-state index is 13.0. The molecule has 0 heterocycles. The minimum atomic E-state index is -0.652. The number of nitrogens with one attached hydrogen (secondary N) is 1. The van der Waals surface area contributed by atoms with E-state index in [1.807, 2.05) is 13.8 Å². The molecular weight excluding hydrogens is 286 g/mol. The molecule has 1 amide bonds. The van der Waals surface area contributed by atoms with Crippen LogP contribution in [0.1, 0.15) is 32.3 Å². The molecule has 0 bridgehead atoms. The van der Waals surface area contributed by atoms with Crippen LogP contribution in [0.4, 0.5) is 8.78 Å². The fraction of sp³-hybridized carbons (Fsp3) is 0.500. The van der Waals surface area contributed by atoms with Gasteiger partial charge in [-0.25, -0.2) is 8.78 Å². The Kier molecular flexibility index (Phi) is 7.68. The molecule has 0 aliphatic rings. The molecule has 3 nitrogen and oxygen atoms in total. The number of halogens is 3. The normalized spacial score (nSPS) is 10.8. The lowest BCUT2D eigenvalue weighted by molar-refractivity contribution is -0.131. The number of rotatable bonds is 6. The van der Waals surface area contributed by atoms with Crippen molar-refractivity contribution in [3.63, 3.8) is 0 Å². The lowest BCUT2D eigenvalue weighted by atomic mass is 9.81. The van der Waals surface area contributed by atoms with Gasteiger partial charge in [-0.1, -0.05) is 13.8 Å².